The molecule has 3 aromatic heterocycles. The van der Waals surface area contributed by atoms with Crippen LogP contribution in [0, 0.1) is 0 Å². The number of fused-ring (bicyclic) bond motifs is 6. The Morgan fingerprint density at radius 3 is 0.807 bits per heavy atom. The van der Waals surface area contributed by atoms with Gasteiger partial charge in [0.2, 0.25) is 0 Å². The van der Waals surface area contributed by atoms with Crippen LogP contribution in [-0.4, -0.2) is 56.7 Å². The molecule has 12 heteroatoms. The van der Waals surface area contributed by atoms with E-state index in [1.54, 1.807) is 58.5 Å². The number of hydrogen-bond acceptors (Lipinski definition) is 12. The Bertz CT molecular complexity index is 1880. The third kappa shape index (κ3) is 9.99. The molecule has 0 radical (unpaired) electrons. The number of benzene rings is 3. The minimum Gasteiger partial charge on any atom is -0.467 e. The Balaban J connectivity index is 1.39. The SMILES string of the molecule is COCOc1c2cc(-c3ccncc3)cc1COCc1cc(-c3ccncc3)cc(c1OCOC)COCc1cc(-c3ccncc3)cc(c1OCOC)COC2. The van der Waals surface area contributed by atoms with Crippen molar-refractivity contribution in [2.45, 2.75) is 39.6 Å². The van der Waals surface area contributed by atoms with E-state index < -0.39 is 0 Å². The van der Waals surface area contributed by atoms with Crippen molar-refractivity contribution in [3.8, 4) is 50.6 Å². The summed E-state index contributed by atoms with van der Waals surface area (Å²) in [5.74, 6) is 1.86. The first-order valence-corrected chi connectivity index (χ1v) is 18.4. The van der Waals surface area contributed by atoms with Crippen molar-refractivity contribution >= 4 is 0 Å². The van der Waals surface area contributed by atoms with Crippen LogP contribution < -0.4 is 14.2 Å². The van der Waals surface area contributed by atoms with Crippen LogP contribution in [0.25, 0.3) is 33.4 Å². The van der Waals surface area contributed by atoms with Crippen LogP contribution in [0.15, 0.2) is 110 Å². The maximum atomic E-state index is 6.54. The van der Waals surface area contributed by atoms with Crippen molar-refractivity contribution in [1.82, 2.24) is 15.0 Å². The average Bonchev–Trinajstić information content (AvgIpc) is 3.25. The van der Waals surface area contributed by atoms with Crippen LogP contribution in [0.4, 0.5) is 0 Å². The largest absolute Gasteiger partial charge is 0.467 e. The van der Waals surface area contributed by atoms with Gasteiger partial charge in [0.15, 0.2) is 20.4 Å². The minimum atomic E-state index is 0.0350. The van der Waals surface area contributed by atoms with Crippen LogP contribution in [0.3, 0.4) is 0 Å². The van der Waals surface area contributed by atoms with Gasteiger partial charge in [0.25, 0.3) is 0 Å². The summed E-state index contributed by atoms with van der Waals surface area (Å²) in [7, 11) is 4.78. The summed E-state index contributed by atoms with van der Waals surface area (Å²) in [4.78, 5) is 12.7. The number of hydrogen-bond donors (Lipinski definition) is 0. The molecule has 12 nitrogen and oxygen atoms in total. The number of nitrogens with zero attached hydrogens (tertiary/aromatic N) is 3. The monoisotopic (exact) mass is 771 g/mol. The predicted molar refractivity (Wildman–Crippen MR) is 212 cm³/mol. The molecule has 6 aromatic rings. The number of ether oxygens (including phenoxy) is 9. The van der Waals surface area contributed by atoms with Crippen LogP contribution >= 0.6 is 0 Å². The van der Waals surface area contributed by atoms with Crippen molar-refractivity contribution in [2.24, 2.45) is 0 Å². The maximum absolute atomic E-state index is 6.54. The number of aromatic nitrogens is 3. The molecule has 0 N–H and O–H groups in total. The molecule has 0 atom stereocenters. The standard InChI is InChI=1S/C45H45N3O9/c1-49-28-55-43-37-16-34(31-4-10-46-11-5-31)17-38(43)23-53-25-40-19-36(33-8-14-48-15-9-33)21-42(45(40)57-30-51-3)27-54-26-41-20-35(32-6-12-47-13-7-32)18-39(24-52-22-37)44(41)56-29-50-2/h4-21H,22-30H2,1-3H3. The van der Waals surface area contributed by atoms with Crippen molar-refractivity contribution in [3.05, 3.63) is 143 Å². The first-order chi connectivity index (χ1) is 28.1. The zero-order valence-corrected chi connectivity index (χ0v) is 32.3. The third-order valence-corrected chi connectivity index (χ3v) is 9.28. The number of methoxy groups -OCH3 is 3. The van der Waals surface area contributed by atoms with E-state index in [1.165, 1.54) is 0 Å². The molecule has 7 rings (SSSR count). The Labute approximate surface area is 332 Å². The highest BCUT2D eigenvalue weighted by molar-refractivity contribution is 5.69. The second-order valence-corrected chi connectivity index (χ2v) is 13.2. The van der Waals surface area contributed by atoms with Gasteiger partial charge in [0, 0.05) is 91.9 Å². The van der Waals surface area contributed by atoms with Gasteiger partial charge in [-0.05, 0) is 106 Å². The molecule has 57 heavy (non-hydrogen) atoms. The van der Waals surface area contributed by atoms with Crippen molar-refractivity contribution in [3.63, 3.8) is 0 Å². The van der Waals surface area contributed by atoms with Gasteiger partial charge in [-0.15, -0.1) is 0 Å². The topological polar surface area (TPSA) is 122 Å². The summed E-state index contributed by atoms with van der Waals surface area (Å²) in [6, 6.07) is 24.2. The molecular weight excluding hydrogens is 727 g/mol. The molecule has 0 aliphatic carbocycles. The number of rotatable bonds is 12. The van der Waals surface area contributed by atoms with Crippen molar-refractivity contribution < 1.29 is 42.6 Å². The van der Waals surface area contributed by atoms with Gasteiger partial charge in [-0.1, -0.05) is 0 Å². The maximum Gasteiger partial charge on any atom is 0.188 e. The van der Waals surface area contributed by atoms with Crippen molar-refractivity contribution in [2.75, 3.05) is 41.7 Å². The predicted octanol–water partition coefficient (Wildman–Crippen LogP) is 8.28. The van der Waals surface area contributed by atoms with Crippen LogP contribution in [0.2, 0.25) is 0 Å². The van der Waals surface area contributed by atoms with E-state index in [4.69, 9.17) is 42.6 Å². The zero-order valence-electron chi connectivity index (χ0n) is 32.3. The lowest BCUT2D eigenvalue weighted by atomic mass is 9.98. The molecular formula is C45H45N3O9. The van der Waals surface area contributed by atoms with Gasteiger partial charge in [-0.2, -0.15) is 0 Å². The fraction of sp³-hybridized carbons (Fsp3) is 0.267. The van der Waals surface area contributed by atoms with Crippen LogP contribution in [-0.2, 0) is 68.1 Å². The smallest absolute Gasteiger partial charge is 0.188 e. The molecule has 4 heterocycles. The van der Waals surface area contributed by atoms with E-state index in [0.717, 1.165) is 66.8 Å². The summed E-state index contributed by atoms with van der Waals surface area (Å²) in [5, 5.41) is 0. The summed E-state index contributed by atoms with van der Waals surface area (Å²) in [5.41, 5.74) is 10.8. The van der Waals surface area contributed by atoms with Crippen LogP contribution in [0.5, 0.6) is 17.2 Å². The average molecular weight is 772 g/mol. The summed E-state index contributed by atoms with van der Waals surface area (Å²) in [6.45, 7) is 1.39. The van der Waals surface area contributed by atoms with E-state index >= 15 is 0 Å². The van der Waals surface area contributed by atoms with Crippen molar-refractivity contribution in [1.29, 1.82) is 0 Å². The van der Waals surface area contributed by atoms with Crippen LogP contribution in [0.1, 0.15) is 33.4 Å². The normalized spacial score (nSPS) is 13.3. The Morgan fingerprint density at radius 2 is 0.596 bits per heavy atom. The molecule has 0 saturated heterocycles. The van der Waals surface area contributed by atoms with E-state index in [2.05, 4.69) is 51.4 Å². The van der Waals surface area contributed by atoms with Gasteiger partial charge >= 0.3 is 0 Å². The molecule has 294 valence electrons. The van der Waals surface area contributed by atoms with E-state index in [1.807, 2.05) is 36.4 Å². The third-order valence-electron chi connectivity index (χ3n) is 9.28. The highest BCUT2D eigenvalue weighted by Gasteiger charge is 2.21. The summed E-state index contributed by atoms with van der Waals surface area (Å²) >= 11 is 0. The highest BCUT2D eigenvalue weighted by Crippen LogP contribution is 2.38. The Morgan fingerprint density at radius 1 is 0.368 bits per heavy atom. The van der Waals surface area contributed by atoms with E-state index in [-0.39, 0.29) is 60.0 Å². The molecule has 0 unspecified atom stereocenters. The zero-order chi connectivity index (χ0) is 39.2. The lowest BCUT2D eigenvalue weighted by Gasteiger charge is -2.22. The van der Waals surface area contributed by atoms with Gasteiger partial charge in [-0.25, -0.2) is 0 Å². The first-order valence-electron chi connectivity index (χ1n) is 18.4. The van der Waals surface area contributed by atoms with Gasteiger partial charge < -0.3 is 42.6 Å². The molecule has 1 aliphatic rings. The summed E-state index contributed by atoms with van der Waals surface area (Å²) < 4.78 is 54.6. The number of pyridine rings is 3. The fourth-order valence-corrected chi connectivity index (χ4v) is 6.76. The lowest BCUT2D eigenvalue weighted by molar-refractivity contribution is 0.0365. The van der Waals surface area contributed by atoms with Gasteiger partial charge in [-0.3, -0.25) is 15.0 Å². The molecule has 3 aromatic carbocycles. The molecule has 0 fully saturated rings. The second-order valence-electron chi connectivity index (χ2n) is 13.2. The summed E-state index contributed by atoms with van der Waals surface area (Å²) in [6.07, 6.45) is 10.6. The van der Waals surface area contributed by atoms with E-state index in [0.29, 0.717) is 17.2 Å². The highest BCUT2D eigenvalue weighted by atomic mass is 16.7. The first kappa shape index (κ1) is 39.5. The fourth-order valence-electron chi connectivity index (χ4n) is 6.76. The molecule has 1 aliphatic heterocycles. The van der Waals surface area contributed by atoms with Gasteiger partial charge in [0.1, 0.15) is 17.2 Å². The lowest BCUT2D eigenvalue weighted by Crippen LogP contribution is -2.11. The molecule has 6 bridgehead atoms. The molecule has 0 saturated carbocycles. The van der Waals surface area contributed by atoms with E-state index in [9.17, 15) is 0 Å². The Hall–Kier alpha value is -5.73. The molecule has 0 amide bonds. The van der Waals surface area contributed by atoms with Gasteiger partial charge in [0.05, 0.1) is 39.6 Å². The quantitative estimate of drug-likeness (QED) is 0.111. The minimum absolute atomic E-state index is 0.0350. The molecule has 0 spiro atoms. The Kier molecular flexibility index (Phi) is 13.8. The second kappa shape index (κ2) is 19.9.